The van der Waals surface area contributed by atoms with Crippen molar-refractivity contribution in [1.29, 1.82) is 5.26 Å². The van der Waals surface area contributed by atoms with Crippen LogP contribution in [0.2, 0.25) is 0 Å². The lowest BCUT2D eigenvalue weighted by Crippen LogP contribution is -2.45. The predicted octanol–water partition coefficient (Wildman–Crippen LogP) is 4.31. The maximum atomic E-state index is 10.1. The molecule has 2 aliphatic rings. The van der Waals surface area contributed by atoms with Crippen LogP contribution < -0.4 is 10.1 Å². The fourth-order valence-electron chi connectivity index (χ4n) is 5.18. The Kier molecular flexibility index (Phi) is 8.41. The van der Waals surface area contributed by atoms with Gasteiger partial charge in [-0.3, -0.25) is 9.58 Å². The number of anilines is 2. The number of hydrogen-bond donors (Lipinski definition) is 2. The number of nitriles is 1. The van der Waals surface area contributed by atoms with Gasteiger partial charge in [-0.05, 0) is 57.2 Å². The van der Waals surface area contributed by atoms with Crippen LogP contribution >= 0.6 is 0 Å². The van der Waals surface area contributed by atoms with Crippen LogP contribution in [0.15, 0.2) is 42.9 Å². The Morgan fingerprint density at radius 3 is 2.36 bits per heavy atom. The summed E-state index contributed by atoms with van der Waals surface area (Å²) in [5, 5.41) is 27.2. The highest BCUT2D eigenvalue weighted by Crippen LogP contribution is 2.35. The molecule has 1 saturated heterocycles. The van der Waals surface area contributed by atoms with E-state index in [9.17, 15) is 5.11 Å². The summed E-state index contributed by atoms with van der Waals surface area (Å²) in [6, 6.07) is 10.4. The first-order valence-corrected chi connectivity index (χ1v) is 13.7. The Labute approximate surface area is 229 Å². The highest BCUT2D eigenvalue weighted by Gasteiger charge is 2.29. The first-order chi connectivity index (χ1) is 18.9. The second-order valence-corrected chi connectivity index (χ2v) is 11.0. The van der Waals surface area contributed by atoms with Gasteiger partial charge in [-0.25, -0.2) is 9.97 Å². The monoisotopic (exact) mass is 531 g/mol. The van der Waals surface area contributed by atoms with E-state index in [1.807, 2.05) is 23.0 Å². The summed E-state index contributed by atoms with van der Waals surface area (Å²) in [6.45, 7) is 7.58. The fraction of sp³-hybridized carbons (Fsp3) is 0.517. The van der Waals surface area contributed by atoms with Crippen LogP contribution in [0.25, 0.3) is 11.1 Å². The van der Waals surface area contributed by atoms with Crippen molar-refractivity contribution in [3.8, 4) is 23.1 Å². The highest BCUT2D eigenvalue weighted by atomic mass is 16.5. The van der Waals surface area contributed by atoms with E-state index < -0.39 is 5.60 Å². The topological polar surface area (TPSA) is 121 Å². The van der Waals surface area contributed by atoms with Crippen molar-refractivity contribution < 1.29 is 14.6 Å². The van der Waals surface area contributed by atoms with Gasteiger partial charge in [0.25, 0.3) is 5.88 Å². The first kappa shape index (κ1) is 27.1. The van der Waals surface area contributed by atoms with E-state index in [2.05, 4.69) is 26.3 Å². The van der Waals surface area contributed by atoms with Crippen LogP contribution in [0, 0.1) is 11.3 Å². The van der Waals surface area contributed by atoms with Crippen LogP contribution in [-0.4, -0.2) is 74.3 Å². The molecule has 10 heteroatoms. The molecule has 2 N–H and O–H groups in total. The summed E-state index contributed by atoms with van der Waals surface area (Å²) < 4.78 is 13.6. The lowest BCUT2D eigenvalue weighted by molar-refractivity contribution is 0.00501. The Morgan fingerprint density at radius 2 is 1.72 bits per heavy atom. The van der Waals surface area contributed by atoms with Crippen molar-refractivity contribution in [3.63, 3.8) is 0 Å². The summed E-state index contributed by atoms with van der Waals surface area (Å²) in [4.78, 5) is 11.6. The molecule has 0 amide bonds. The van der Waals surface area contributed by atoms with E-state index in [1.165, 1.54) is 0 Å². The fourth-order valence-corrected chi connectivity index (χ4v) is 5.18. The van der Waals surface area contributed by atoms with Gasteiger partial charge in [0.1, 0.15) is 5.69 Å². The van der Waals surface area contributed by atoms with E-state index in [-0.39, 0.29) is 0 Å². The second-order valence-electron chi connectivity index (χ2n) is 11.0. The van der Waals surface area contributed by atoms with E-state index in [4.69, 9.17) is 19.8 Å². The van der Waals surface area contributed by atoms with Crippen molar-refractivity contribution in [2.45, 2.75) is 63.6 Å². The third kappa shape index (κ3) is 7.12. The molecular formula is C29H37N7O3. The Balaban J connectivity index is 1.28. The summed E-state index contributed by atoms with van der Waals surface area (Å²) in [5.74, 6) is 0.921. The van der Waals surface area contributed by atoms with Crippen LogP contribution in [0.3, 0.4) is 0 Å². The molecular weight excluding hydrogens is 494 g/mol. The summed E-state index contributed by atoms with van der Waals surface area (Å²) in [6.07, 6.45) is 10.4. The molecule has 1 aromatic carbocycles. The van der Waals surface area contributed by atoms with Gasteiger partial charge in [-0.1, -0.05) is 12.1 Å². The van der Waals surface area contributed by atoms with E-state index in [1.54, 1.807) is 38.4 Å². The number of rotatable bonds is 9. The van der Waals surface area contributed by atoms with E-state index in [0.717, 1.165) is 63.1 Å². The zero-order valence-corrected chi connectivity index (χ0v) is 22.7. The average Bonchev–Trinajstić information content (AvgIpc) is 3.35. The van der Waals surface area contributed by atoms with E-state index >= 15 is 0 Å². The number of aliphatic hydroxyl groups is 1. The minimum absolute atomic E-state index is 0.300. The molecule has 1 aliphatic carbocycles. The molecule has 3 aromatic rings. The smallest absolute Gasteiger partial charge is 0.256 e. The van der Waals surface area contributed by atoms with Crippen LogP contribution in [0.4, 0.5) is 11.6 Å². The maximum absolute atomic E-state index is 10.1. The molecule has 0 bridgehead atoms. The molecule has 2 fully saturated rings. The third-order valence-corrected chi connectivity index (χ3v) is 7.50. The lowest BCUT2D eigenvalue weighted by atomic mass is 9.90. The molecule has 10 nitrogen and oxygen atoms in total. The normalized spacial score (nSPS) is 20.4. The minimum Gasteiger partial charge on any atom is -0.475 e. The van der Waals surface area contributed by atoms with Crippen LogP contribution in [0.5, 0.6) is 5.88 Å². The van der Waals surface area contributed by atoms with E-state index in [0.29, 0.717) is 48.2 Å². The van der Waals surface area contributed by atoms with Crippen LogP contribution in [-0.2, 0) is 4.74 Å². The largest absolute Gasteiger partial charge is 0.475 e. The molecule has 5 rings (SSSR count). The van der Waals surface area contributed by atoms with Gasteiger partial charge in [0.05, 0.1) is 49.3 Å². The van der Waals surface area contributed by atoms with Gasteiger partial charge < -0.3 is 19.9 Å². The molecule has 0 radical (unpaired) electrons. The van der Waals surface area contributed by atoms with Crippen LogP contribution in [0.1, 0.15) is 57.6 Å². The molecule has 39 heavy (non-hydrogen) atoms. The zero-order chi connectivity index (χ0) is 27.2. The zero-order valence-electron chi connectivity index (χ0n) is 22.7. The van der Waals surface area contributed by atoms with Crippen molar-refractivity contribution in [2.75, 3.05) is 38.2 Å². The summed E-state index contributed by atoms with van der Waals surface area (Å²) in [7, 11) is 0. The van der Waals surface area contributed by atoms with Gasteiger partial charge in [-0.15, -0.1) is 5.10 Å². The summed E-state index contributed by atoms with van der Waals surface area (Å²) in [5.41, 5.74) is 2.29. The standard InChI is InChI=1S/C29H37N7O3/c1-29(2,37)11-14-39-27-26(33-28-31-18-23(19-32-28)22-5-3-21(17-30)4-6-22)20-36(34-27)25-9-7-24(8-10-25)35-12-15-38-16-13-35/h3-6,18-20,24-25,37H,7-16H2,1-2H3,(H,31,32,33). The van der Waals surface area contributed by atoms with Crippen molar-refractivity contribution >= 4 is 11.6 Å². The lowest BCUT2D eigenvalue weighted by Gasteiger charge is -2.38. The molecule has 1 aliphatic heterocycles. The Hall–Kier alpha value is -3.52. The van der Waals surface area contributed by atoms with Gasteiger partial charge in [0.2, 0.25) is 5.95 Å². The van der Waals surface area contributed by atoms with Gasteiger partial charge in [0.15, 0.2) is 0 Å². The number of benzene rings is 1. The number of hydrogen-bond acceptors (Lipinski definition) is 9. The number of nitrogens with zero attached hydrogens (tertiary/aromatic N) is 6. The quantitative estimate of drug-likeness (QED) is 0.416. The van der Waals surface area contributed by atoms with Crippen molar-refractivity contribution in [1.82, 2.24) is 24.6 Å². The number of ether oxygens (including phenoxy) is 2. The average molecular weight is 532 g/mol. The van der Waals surface area contributed by atoms with Crippen molar-refractivity contribution in [3.05, 3.63) is 48.4 Å². The van der Waals surface area contributed by atoms with Gasteiger partial charge in [0, 0.05) is 43.5 Å². The highest BCUT2D eigenvalue weighted by molar-refractivity contribution is 5.64. The third-order valence-electron chi connectivity index (χ3n) is 7.50. The molecule has 0 spiro atoms. The first-order valence-electron chi connectivity index (χ1n) is 13.7. The number of nitrogens with one attached hydrogen (secondary N) is 1. The number of aromatic nitrogens is 4. The molecule has 3 heterocycles. The van der Waals surface area contributed by atoms with Crippen molar-refractivity contribution in [2.24, 2.45) is 0 Å². The minimum atomic E-state index is -0.821. The molecule has 1 saturated carbocycles. The molecule has 2 aromatic heterocycles. The number of morpholine rings is 1. The second kappa shape index (κ2) is 12.1. The maximum Gasteiger partial charge on any atom is 0.256 e. The summed E-state index contributed by atoms with van der Waals surface area (Å²) >= 11 is 0. The van der Waals surface area contributed by atoms with Gasteiger partial charge >= 0.3 is 0 Å². The Bertz CT molecular complexity index is 1250. The van der Waals surface area contributed by atoms with Gasteiger partial charge in [-0.2, -0.15) is 5.26 Å². The Morgan fingerprint density at radius 1 is 1.05 bits per heavy atom. The molecule has 206 valence electrons. The predicted molar refractivity (Wildman–Crippen MR) is 148 cm³/mol. The molecule has 0 unspecified atom stereocenters. The molecule has 0 atom stereocenters. The SMILES string of the molecule is CC(C)(O)CCOc1nn(C2CCC(N3CCOCC3)CC2)cc1Nc1ncc(-c2ccc(C#N)cc2)cn1.